The highest BCUT2D eigenvalue weighted by Gasteiger charge is 2.26. The number of pyridine rings is 1. The minimum Gasteiger partial charge on any atom is -0.495 e. The van der Waals surface area contributed by atoms with Crippen LogP contribution in [0.5, 0.6) is 5.75 Å². The molecule has 2 aromatic rings. The van der Waals surface area contributed by atoms with E-state index in [9.17, 15) is 8.42 Å². The largest absolute Gasteiger partial charge is 0.495 e. The van der Waals surface area contributed by atoms with Crippen molar-refractivity contribution in [3.63, 3.8) is 0 Å². The number of benzene rings is 1. The van der Waals surface area contributed by atoms with E-state index in [1.807, 2.05) is 0 Å². The van der Waals surface area contributed by atoms with Crippen molar-refractivity contribution in [1.29, 1.82) is 0 Å². The Labute approximate surface area is 117 Å². The fourth-order valence-corrected chi connectivity index (χ4v) is 3.00. The molecule has 0 aliphatic carbocycles. The Balaban J connectivity index is 2.52. The lowest BCUT2D eigenvalue weighted by Gasteiger charge is -2.21. The van der Waals surface area contributed by atoms with Crippen LogP contribution in [0, 0.1) is 0 Å². The van der Waals surface area contributed by atoms with E-state index in [-0.39, 0.29) is 10.7 Å². The second-order valence-electron chi connectivity index (χ2n) is 4.04. The maximum atomic E-state index is 12.5. The SMILES string of the molecule is COc1ccccc1N(C)S(=O)(=O)c1ncccc1N. The van der Waals surface area contributed by atoms with Gasteiger partial charge in [0.2, 0.25) is 0 Å². The topological polar surface area (TPSA) is 85.5 Å². The quantitative estimate of drug-likeness (QED) is 0.923. The molecule has 106 valence electrons. The smallest absolute Gasteiger partial charge is 0.283 e. The van der Waals surface area contributed by atoms with E-state index in [0.29, 0.717) is 11.4 Å². The zero-order valence-electron chi connectivity index (χ0n) is 11.1. The Bertz CT molecular complexity index is 716. The molecule has 2 N–H and O–H groups in total. The first-order chi connectivity index (χ1) is 9.48. The zero-order valence-corrected chi connectivity index (χ0v) is 12.0. The number of anilines is 2. The van der Waals surface area contributed by atoms with Crippen LogP contribution in [-0.2, 0) is 10.0 Å². The second kappa shape index (κ2) is 5.38. The summed E-state index contributed by atoms with van der Waals surface area (Å²) >= 11 is 0. The molecule has 0 bridgehead atoms. The predicted octanol–water partition coefficient (Wildman–Crippen LogP) is 1.50. The highest BCUT2D eigenvalue weighted by molar-refractivity contribution is 7.92. The van der Waals surface area contributed by atoms with Crippen LogP contribution in [0.1, 0.15) is 0 Å². The van der Waals surface area contributed by atoms with Crippen LogP contribution in [0.15, 0.2) is 47.6 Å². The Morgan fingerprint density at radius 2 is 1.90 bits per heavy atom. The summed E-state index contributed by atoms with van der Waals surface area (Å²) in [6, 6.07) is 9.90. The molecule has 0 saturated heterocycles. The second-order valence-corrected chi connectivity index (χ2v) is 5.93. The van der Waals surface area contributed by atoms with Crippen LogP contribution in [0.25, 0.3) is 0 Å². The van der Waals surface area contributed by atoms with E-state index in [2.05, 4.69) is 4.98 Å². The van der Waals surface area contributed by atoms with Gasteiger partial charge < -0.3 is 10.5 Å². The molecule has 6 nitrogen and oxygen atoms in total. The van der Waals surface area contributed by atoms with Crippen LogP contribution in [0.3, 0.4) is 0 Å². The van der Waals surface area contributed by atoms with Gasteiger partial charge in [-0.25, -0.2) is 4.98 Å². The van der Waals surface area contributed by atoms with Gasteiger partial charge in [0, 0.05) is 13.2 Å². The highest BCUT2D eigenvalue weighted by atomic mass is 32.2. The normalized spacial score (nSPS) is 11.1. The standard InChI is InChI=1S/C13H15N3O3S/c1-16(11-7-3-4-8-12(11)19-2)20(17,18)13-10(14)6-5-9-15-13/h3-9H,14H2,1-2H3. The van der Waals surface area contributed by atoms with Gasteiger partial charge in [-0.2, -0.15) is 8.42 Å². The number of para-hydroxylation sites is 2. The number of hydrogen-bond acceptors (Lipinski definition) is 5. The first-order valence-electron chi connectivity index (χ1n) is 5.81. The zero-order chi connectivity index (χ0) is 14.8. The Morgan fingerprint density at radius 1 is 1.20 bits per heavy atom. The Morgan fingerprint density at radius 3 is 2.55 bits per heavy atom. The van der Waals surface area contributed by atoms with Gasteiger partial charge in [0.15, 0.2) is 5.03 Å². The summed E-state index contributed by atoms with van der Waals surface area (Å²) in [4.78, 5) is 3.86. The van der Waals surface area contributed by atoms with E-state index < -0.39 is 10.0 Å². The molecule has 7 heteroatoms. The summed E-state index contributed by atoms with van der Waals surface area (Å²) in [6.45, 7) is 0. The fourth-order valence-electron chi connectivity index (χ4n) is 1.77. The maximum absolute atomic E-state index is 12.5. The van der Waals surface area contributed by atoms with Crippen LogP contribution >= 0.6 is 0 Å². The van der Waals surface area contributed by atoms with Crippen LogP contribution < -0.4 is 14.8 Å². The molecule has 0 aliphatic rings. The van der Waals surface area contributed by atoms with Crippen molar-refractivity contribution >= 4 is 21.4 Å². The van der Waals surface area contributed by atoms with Gasteiger partial charge in [-0.05, 0) is 24.3 Å². The first kappa shape index (κ1) is 14.1. The summed E-state index contributed by atoms with van der Waals surface area (Å²) in [5.41, 5.74) is 6.22. The van der Waals surface area contributed by atoms with Crippen molar-refractivity contribution < 1.29 is 13.2 Å². The minimum absolute atomic E-state index is 0.106. The molecule has 1 aromatic carbocycles. The van der Waals surface area contributed by atoms with E-state index in [0.717, 1.165) is 4.31 Å². The predicted molar refractivity (Wildman–Crippen MR) is 77.2 cm³/mol. The first-order valence-corrected chi connectivity index (χ1v) is 7.25. The average molecular weight is 293 g/mol. The monoisotopic (exact) mass is 293 g/mol. The van der Waals surface area contributed by atoms with Crippen LogP contribution in [0.4, 0.5) is 11.4 Å². The van der Waals surface area contributed by atoms with E-state index in [1.54, 1.807) is 30.3 Å². The molecule has 1 aromatic heterocycles. The number of nitrogen functional groups attached to an aromatic ring is 1. The summed E-state index contributed by atoms with van der Waals surface area (Å²) in [5, 5.41) is -0.173. The summed E-state index contributed by atoms with van der Waals surface area (Å²) in [6.07, 6.45) is 1.39. The number of methoxy groups -OCH3 is 1. The van der Waals surface area contributed by atoms with Crippen molar-refractivity contribution in [3.05, 3.63) is 42.6 Å². The van der Waals surface area contributed by atoms with Crippen molar-refractivity contribution in [3.8, 4) is 5.75 Å². The van der Waals surface area contributed by atoms with Gasteiger partial charge in [-0.1, -0.05) is 12.1 Å². The number of nitrogens with two attached hydrogens (primary N) is 1. The summed E-state index contributed by atoms with van der Waals surface area (Å²) < 4.78 is 31.4. The molecule has 2 rings (SSSR count). The molecule has 0 spiro atoms. The third-order valence-corrected chi connectivity index (χ3v) is 4.58. The molecule has 0 saturated carbocycles. The third kappa shape index (κ3) is 2.39. The minimum atomic E-state index is -3.84. The van der Waals surface area contributed by atoms with E-state index in [4.69, 9.17) is 10.5 Å². The summed E-state index contributed by atoms with van der Waals surface area (Å²) in [5.74, 6) is 0.452. The maximum Gasteiger partial charge on any atom is 0.283 e. The van der Waals surface area contributed by atoms with Crippen molar-refractivity contribution in [1.82, 2.24) is 4.98 Å². The van der Waals surface area contributed by atoms with Gasteiger partial charge in [0.1, 0.15) is 5.75 Å². The molecule has 0 amide bonds. The molecular formula is C13H15N3O3S. The van der Waals surface area contributed by atoms with Gasteiger partial charge in [0.05, 0.1) is 18.5 Å². The lowest BCUT2D eigenvalue weighted by molar-refractivity contribution is 0.416. The van der Waals surface area contributed by atoms with Gasteiger partial charge in [-0.15, -0.1) is 0 Å². The van der Waals surface area contributed by atoms with Crippen molar-refractivity contribution in [2.24, 2.45) is 0 Å². The third-order valence-electron chi connectivity index (χ3n) is 2.83. The molecular weight excluding hydrogens is 278 g/mol. The Kier molecular flexibility index (Phi) is 3.80. The molecule has 0 fully saturated rings. The Hall–Kier alpha value is -2.28. The lowest BCUT2D eigenvalue weighted by Crippen LogP contribution is -2.28. The van der Waals surface area contributed by atoms with Crippen LogP contribution in [-0.4, -0.2) is 27.6 Å². The number of ether oxygens (including phenoxy) is 1. The van der Waals surface area contributed by atoms with E-state index >= 15 is 0 Å². The van der Waals surface area contributed by atoms with E-state index in [1.165, 1.54) is 26.4 Å². The van der Waals surface area contributed by atoms with Crippen molar-refractivity contribution in [2.75, 3.05) is 24.2 Å². The number of rotatable bonds is 4. The molecule has 0 unspecified atom stereocenters. The number of nitrogens with zero attached hydrogens (tertiary/aromatic N) is 2. The lowest BCUT2D eigenvalue weighted by atomic mass is 10.3. The molecule has 20 heavy (non-hydrogen) atoms. The van der Waals surface area contributed by atoms with Gasteiger partial charge in [-0.3, -0.25) is 4.31 Å². The van der Waals surface area contributed by atoms with Gasteiger partial charge >= 0.3 is 0 Å². The fraction of sp³-hybridized carbons (Fsp3) is 0.154. The molecule has 0 atom stereocenters. The molecule has 0 aliphatic heterocycles. The number of sulfonamides is 1. The van der Waals surface area contributed by atoms with Crippen molar-refractivity contribution in [2.45, 2.75) is 5.03 Å². The average Bonchev–Trinajstić information content (AvgIpc) is 2.46. The molecule has 1 heterocycles. The molecule has 0 radical (unpaired) electrons. The van der Waals surface area contributed by atoms with Gasteiger partial charge in [0.25, 0.3) is 10.0 Å². The van der Waals surface area contributed by atoms with Crippen LogP contribution in [0.2, 0.25) is 0 Å². The summed E-state index contributed by atoms with van der Waals surface area (Å²) in [7, 11) is -0.926. The highest BCUT2D eigenvalue weighted by Crippen LogP contribution is 2.31. The number of hydrogen-bond donors (Lipinski definition) is 1. The number of aromatic nitrogens is 1.